The topological polar surface area (TPSA) is 46.6 Å². The van der Waals surface area contributed by atoms with Crippen molar-refractivity contribution in [2.75, 3.05) is 13.7 Å². The van der Waals surface area contributed by atoms with Crippen LogP contribution in [0.4, 0.5) is 0 Å². The Morgan fingerprint density at radius 1 is 1.39 bits per heavy atom. The number of rotatable bonds is 3. The van der Waals surface area contributed by atoms with Crippen molar-refractivity contribution < 1.29 is 14.3 Å². The lowest BCUT2D eigenvalue weighted by Crippen LogP contribution is -2.41. The van der Waals surface area contributed by atoms with Gasteiger partial charge in [0.15, 0.2) is 0 Å². The van der Waals surface area contributed by atoms with E-state index < -0.39 is 0 Å². The first-order chi connectivity index (χ1) is 8.72. The maximum atomic E-state index is 11.9. The van der Waals surface area contributed by atoms with Gasteiger partial charge in [0.2, 0.25) is 5.91 Å². The number of likely N-dealkylation sites (tertiary alicyclic amines) is 1. The number of carbonyl (C=O) groups is 2. The molecule has 0 N–H and O–H groups in total. The Morgan fingerprint density at radius 2 is 2.11 bits per heavy atom. The fourth-order valence-corrected chi connectivity index (χ4v) is 2.34. The zero-order valence-corrected chi connectivity index (χ0v) is 10.5. The molecule has 1 amide bonds. The van der Waals surface area contributed by atoms with Gasteiger partial charge in [0, 0.05) is 6.42 Å². The smallest absolute Gasteiger partial charge is 0.325 e. The number of methoxy groups -OCH3 is 1. The third-order valence-electron chi connectivity index (χ3n) is 3.28. The first kappa shape index (κ1) is 12.6. The Bertz CT molecular complexity index is 430. The first-order valence-electron chi connectivity index (χ1n) is 6.13. The highest BCUT2D eigenvalue weighted by atomic mass is 16.5. The molecule has 4 heteroatoms. The molecule has 0 bridgehead atoms. The van der Waals surface area contributed by atoms with Crippen molar-refractivity contribution in [1.29, 1.82) is 0 Å². The molecule has 1 heterocycles. The second-order valence-electron chi connectivity index (χ2n) is 4.42. The van der Waals surface area contributed by atoms with Crippen molar-refractivity contribution in [3.05, 3.63) is 35.9 Å². The Balaban J connectivity index is 2.20. The fourth-order valence-electron chi connectivity index (χ4n) is 2.34. The number of benzene rings is 1. The van der Waals surface area contributed by atoms with Crippen LogP contribution in [0.15, 0.2) is 30.3 Å². The van der Waals surface area contributed by atoms with Gasteiger partial charge < -0.3 is 9.64 Å². The molecule has 1 saturated heterocycles. The van der Waals surface area contributed by atoms with Crippen LogP contribution in [0.1, 0.15) is 30.9 Å². The summed E-state index contributed by atoms with van der Waals surface area (Å²) in [6.45, 7) is 0.0366. The number of amides is 1. The van der Waals surface area contributed by atoms with E-state index in [-0.39, 0.29) is 24.5 Å². The van der Waals surface area contributed by atoms with Gasteiger partial charge >= 0.3 is 5.97 Å². The van der Waals surface area contributed by atoms with Crippen molar-refractivity contribution in [2.24, 2.45) is 0 Å². The van der Waals surface area contributed by atoms with Crippen molar-refractivity contribution >= 4 is 11.9 Å². The highest BCUT2D eigenvalue weighted by Gasteiger charge is 2.30. The van der Waals surface area contributed by atoms with E-state index in [2.05, 4.69) is 4.74 Å². The van der Waals surface area contributed by atoms with Gasteiger partial charge in [-0.25, -0.2) is 0 Å². The minimum absolute atomic E-state index is 0.00782. The molecule has 0 unspecified atom stereocenters. The van der Waals surface area contributed by atoms with Crippen molar-refractivity contribution in [3.8, 4) is 0 Å². The standard InChI is InChI=1S/C14H17NO3/c1-18-14(17)10-15-12(8-5-9-13(15)16)11-6-3-2-4-7-11/h2-4,6-7,12H,5,8-10H2,1H3/t12-/m0/s1. The molecule has 1 fully saturated rings. The van der Waals surface area contributed by atoms with E-state index >= 15 is 0 Å². The summed E-state index contributed by atoms with van der Waals surface area (Å²) in [6.07, 6.45) is 2.28. The van der Waals surface area contributed by atoms with Gasteiger partial charge in [-0.3, -0.25) is 9.59 Å². The molecule has 1 aliphatic heterocycles. The lowest BCUT2D eigenvalue weighted by atomic mass is 9.95. The largest absolute Gasteiger partial charge is 0.468 e. The summed E-state index contributed by atoms with van der Waals surface area (Å²) in [7, 11) is 1.34. The van der Waals surface area contributed by atoms with Crippen LogP contribution in [0.3, 0.4) is 0 Å². The third-order valence-corrected chi connectivity index (χ3v) is 3.28. The van der Waals surface area contributed by atoms with E-state index in [1.165, 1.54) is 7.11 Å². The number of esters is 1. The average molecular weight is 247 g/mol. The summed E-state index contributed by atoms with van der Waals surface area (Å²) >= 11 is 0. The summed E-state index contributed by atoms with van der Waals surface area (Å²) in [6, 6.07) is 9.82. The number of ether oxygens (including phenoxy) is 1. The molecule has 18 heavy (non-hydrogen) atoms. The summed E-state index contributed by atoms with van der Waals surface area (Å²) in [5.74, 6) is -0.341. The zero-order chi connectivity index (χ0) is 13.0. The van der Waals surface area contributed by atoms with E-state index in [0.717, 1.165) is 18.4 Å². The predicted molar refractivity (Wildman–Crippen MR) is 66.8 cm³/mol. The van der Waals surface area contributed by atoms with E-state index in [1.807, 2.05) is 30.3 Å². The number of nitrogens with zero attached hydrogens (tertiary/aromatic N) is 1. The summed E-state index contributed by atoms with van der Waals surface area (Å²) < 4.78 is 4.65. The molecule has 0 saturated carbocycles. The van der Waals surface area contributed by atoms with E-state index in [4.69, 9.17) is 0 Å². The normalized spacial score (nSPS) is 19.7. The van der Waals surface area contributed by atoms with Gasteiger partial charge in [-0.2, -0.15) is 0 Å². The minimum Gasteiger partial charge on any atom is -0.468 e. The van der Waals surface area contributed by atoms with Crippen LogP contribution in [-0.4, -0.2) is 30.4 Å². The van der Waals surface area contributed by atoms with Crippen LogP contribution in [0.5, 0.6) is 0 Å². The van der Waals surface area contributed by atoms with Crippen LogP contribution in [0, 0.1) is 0 Å². The van der Waals surface area contributed by atoms with Crippen LogP contribution >= 0.6 is 0 Å². The van der Waals surface area contributed by atoms with Gasteiger partial charge in [0.05, 0.1) is 13.2 Å². The molecule has 1 aromatic carbocycles. The first-order valence-corrected chi connectivity index (χ1v) is 6.13. The van der Waals surface area contributed by atoms with Crippen LogP contribution in [-0.2, 0) is 14.3 Å². The summed E-state index contributed by atoms with van der Waals surface area (Å²) in [4.78, 5) is 25.0. The van der Waals surface area contributed by atoms with Crippen molar-refractivity contribution in [2.45, 2.75) is 25.3 Å². The molecular formula is C14H17NO3. The van der Waals surface area contributed by atoms with E-state index in [0.29, 0.717) is 6.42 Å². The van der Waals surface area contributed by atoms with Crippen molar-refractivity contribution in [1.82, 2.24) is 4.90 Å². The molecule has 0 aromatic heterocycles. The third kappa shape index (κ3) is 2.70. The van der Waals surface area contributed by atoms with Gasteiger partial charge in [-0.1, -0.05) is 30.3 Å². The van der Waals surface area contributed by atoms with E-state index in [9.17, 15) is 9.59 Å². The van der Waals surface area contributed by atoms with Crippen LogP contribution in [0.25, 0.3) is 0 Å². The lowest BCUT2D eigenvalue weighted by molar-refractivity contribution is -0.150. The lowest BCUT2D eigenvalue weighted by Gasteiger charge is -2.35. The predicted octanol–water partition coefficient (Wildman–Crippen LogP) is 1.91. The SMILES string of the molecule is COC(=O)CN1C(=O)CCC[C@H]1c1ccccc1. The molecule has 0 spiro atoms. The van der Waals surface area contributed by atoms with Gasteiger partial charge in [0.1, 0.15) is 6.54 Å². The monoisotopic (exact) mass is 247 g/mol. The van der Waals surface area contributed by atoms with Crippen molar-refractivity contribution in [3.63, 3.8) is 0 Å². The molecule has 4 nitrogen and oxygen atoms in total. The highest BCUT2D eigenvalue weighted by molar-refractivity contribution is 5.83. The number of hydrogen-bond acceptors (Lipinski definition) is 3. The highest BCUT2D eigenvalue weighted by Crippen LogP contribution is 2.31. The van der Waals surface area contributed by atoms with E-state index in [1.54, 1.807) is 4.90 Å². The minimum atomic E-state index is -0.369. The number of piperidine rings is 1. The molecule has 96 valence electrons. The molecule has 1 aliphatic rings. The quantitative estimate of drug-likeness (QED) is 0.766. The number of carbonyl (C=O) groups excluding carboxylic acids is 2. The zero-order valence-electron chi connectivity index (χ0n) is 10.5. The molecule has 0 radical (unpaired) electrons. The Hall–Kier alpha value is -1.84. The summed E-state index contributed by atoms with van der Waals surface area (Å²) in [5, 5.41) is 0. The van der Waals surface area contributed by atoms with Crippen LogP contribution in [0.2, 0.25) is 0 Å². The maximum absolute atomic E-state index is 11.9. The Morgan fingerprint density at radius 3 is 2.78 bits per heavy atom. The Labute approximate surface area is 107 Å². The second kappa shape index (κ2) is 5.67. The average Bonchev–Trinajstić information content (AvgIpc) is 2.42. The Kier molecular flexibility index (Phi) is 3.97. The molecule has 1 atom stereocenters. The fraction of sp³-hybridized carbons (Fsp3) is 0.429. The molecule has 0 aliphatic carbocycles. The number of hydrogen-bond donors (Lipinski definition) is 0. The second-order valence-corrected chi connectivity index (χ2v) is 4.42. The molecule has 2 rings (SSSR count). The summed E-state index contributed by atoms with van der Waals surface area (Å²) in [5.41, 5.74) is 1.08. The van der Waals surface area contributed by atoms with Gasteiger partial charge in [-0.15, -0.1) is 0 Å². The molecular weight excluding hydrogens is 230 g/mol. The molecule has 1 aromatic rings. The maximum Gasteiger partial charge on any atom is 0.325 e. The van der Waals surface area contributed by atoms with Gasteiger partial charge in [0.25, 0.3) is 0 Å². The van der Waals surface area contributed by atoms with Crippen LogP contribution < -0.4 is 0 Å². The van der Waals surface area contributed by atoms with Gasteiger partial charge in [-0.05, 0) is 18.4 Å².